The number of carbonyl (C=O) groups excluding carboxylic acids is 1. The maximum Gasteiger partial charge on any atom is 0.232 e. The van der Waals surface area contributed by atoms with E-state index in [1.165, 1.54) is 4.90 Å². The van der Waals surface area contributed by atoms with Gasteiger partial charge in [-0.2, -0.15) is 0 Å². The minimum absolute atomic E-state index is 0.0495. The minimum atomic E-state index is -0.0495. The first-order valence-electron chi connectivity index (χ1n) is 5.93. The molecule has 2 aliphatic heterocycles. The van der Waals surface area contributed by atoms with E-state index < -0.39 is 0 Å². The number of nitrogens with zero attached hydrogens (tertiary/aromatic N) is 1. The van der Waals surface area contributed by atoms with Crippen molar-refractivity contribution in [3.8, 4) is 0 Å². The SMILES string of the molecule is N=C1/C(=C2\Nc3ccccc3S2)CC(=O)N1CCCl. The Labute approximate surface area is 120 Å². The maximum absolute atomic E-state index is 11.9. The lowest BCUT2D eigenvalue weighted by Gasteiger charge is -2.13. The molecule has 1 aromatic rings. The van der Waals surface area contributed by atoms with Crippen molar-refractivity contribution in [2.24, 2.45) is 0 Å². The van der Waals surface area contributed by atoms with Gasteiger partial charge in [-0.05, 0) is 12.1 Å². The zero-order valence-corrected chi connectivity index (χ0v) is 11.6. The minimum Gasteiger partial charge on any atom is -0.349 e. The highest BCUT2D eigenvalue weighted by Gasteiger charge is 2.34. The lowest BCUT2D eigenvalue weighted by molar-refractivity contribution is -0.125. The van der Waals surface area contributed by atoms with Crippen molar-refractivity contribution < 1.29 is 4.79 Å². The molecule has 0 aromatic heterocycles. The van der Waals surface area contributed by atoms with Gasteiger partial charge in [-0.1, -0.05) is 23.9 Å². The van der Waals surface area contributed by atoms with Gasteiger partial charge in [0.15, 0.2) is 0 Å². The summed E-state index contributed by atoms with van der Waals surface area (Å²) in [5.74, 6) is 0.567. The number of para-hydroxylation sites is 1. The topological polar surface area (TPSA) is 56.2 Å². The average Bonchev–Trinajstić information content (AvgIpc) is 2.94. The molecule has 6 heteroatoms. The predicted molar refractivity (Wildman–Crippen MR) is 77.7 cm³/mol. The molecule has 0 bridgehead atoms. The summed E-state index contributed by atoms with van der Waals surface area (Å²) < 4.78 is 0. The largest absolute Gasteiger partial charge is 0.349 e. The molecule has 0 aliphatic carbocycles. The van der Waals surface area contributed by atoms with Gasteiger partial charge in [0, 0.05) is 22.9 Å². The Balaban J connectivity index is 1.91. The number of hydrogen-bond acceptors (Lipinski definition) is 4. The number of hydrogen-bond donors (Lipinski definition) is 2. The van der Waals surface area contributed by atoms with Gasteiger partial charge < -0.3 is 5.32 Å². The second-order valence-corrected chi connectivity index (χ2v) is 5.72. The second kappa shape index (κ2) is 4.90. The number of alkyl halides is 1. The van der Waals surface area contributed by atoms with Crippen LogP contribution in [0, 0.1) is 5.41 Å². The van der Waals surface area contributed by atoms with Crippen molar-refractivity contribution in [1.82, 2.24) is 4.90 Å². The summed E-state index contributed by atoms with van der Waals surface area (Å²) in [5.41, 5.74) is 1.79. The van der Waals surface area contributed by atoms with Gasteiger partial charge in [0.2, 0.25) is 5.91 Å². The normalized spacial score (nSPS) is 21.8. The first kappa shape index (κ1) is 12.6. The Hall–Kier alpha value is -1.46. The predicted octanol–water partition coefficient (Wildman–Crippen LogP) is 2.86. The number of amidine groups is 1. The molecule has 3 rings (SSSR count). The highest BCUT2D eigenvalue weighted by atomic mass is 35.5. The summed E-state index contributed by atoms with van der Waals surface area (Å²) in [6.07, 6.45) is 0.277. The molecule has 0 radical (unpaired) electrons. The quantitative estimate of drug-likeness (QED) is 0.825. The van der Waals surface area contributed by atoms with Gasteiger partial charge in [-0.15, -0.1) is 11.6 Å². The third-order valence-corrected chi connectivity index (χ3v) is 4.41. The molecule has 1 saturated heterocycles. The summed E-state index contributed by atoms with van der Waals surface area (Å²) in [6, 6.07) is 7.96. The molecule has 98 valence electrons. The van der Waals surface area contributed by atoms with Gasteiger partial charge in [0.05, 0.1) is 17.1 Å². The summed E-state index contributed by atoms with van der Waals surface area (Å²) in [7, 11) is 0. The van der Waals surface area contributed by atoms with Crippen LogP contribution in [-0.2, 0) is 4.79 Å². The number of thioether (sulfide) groups is 1. The molecule has 19 heavy (non-hydrogen) atoms. The van der Waals surface area contributed by atoms with E-state index in [2.05, 4.69) is 5.32 Å². The first-order chi connectivity index (χ1) is 9.20. The number of fused-ring (bicyclic) bond motifs is 1. The molecule has 2 heterocycles. The number of likely N-dealkylation sites (tertiary alicyclic amines) is 1. The molecule has 4 nitrogen and oxygen atoms in total. The molecule has 1 aromatic carbocycles. The van der Waals surface area contributed by atoms with Gasteiger partial charge in [0.25, 0.3) is 0 Å². The van der Waals surface area contributed by atoms with E-state index >= 15 is 0 Å². The summed E-state index contributed by atoms with van der Waals surface area (Å²) in [4.78, 5) is 14.4. The van der Waals surface area contributed by atoms with Crippen LogP contribution in [0.3, 0.4) is 0 Å². The number of amides is 1. The molecule has 0 unspecified atom stereocenters. The molecule has 1 fully saturated rings. The number of nitrogens with one attached hydrogen (secondary N) is 2. The molecule has 2 N–H and O–H groups in total. The highest BCUT2D eigenvalue weighted by molar-refractivity contribution is 8.03. The molecular weight excluding hydrogens is 282 g/mol. The molecule has 0 atom stereocenters. The van der Waals surface area contributed by atoms with Crippen LogP contribution in [0.5, 0.6) is 0 Å². The molecule has 0 saturated carbocycles. The number of carbonyl (C=O) groups is 1. The lowest BCUT2D eigenvalue weighted by atomic mass is 10.2. The van der Waals surface area contributed by atoms with E-state index in [9.17, 15) is 4.79 Å². The van der Waals surface area contributed by atoms with Crippen molar-refractivity contribution in [2.75, 3.05) is 17.7 Å². The van der Waals surface area contributed by atoms with Gasteiger partial charge in [-0.3, -0.25) is 15.1 Å². The highest BCUT2D eigenvalue weighted by Crippen LogP contribution is 2.43. The summed E-state index contributed by atoms with van der Waals surface area (Å²) in [5, 5.41) is 12.3. The third-order valence-electron chi connectivity index (χ3n) is 3.11. The Morgan fingerprint density at radius 1 is 1.42 bits per heavy atom. The van der Waals surface area contributed by atoms with E-state index in [0.29, 0.717) is 12.4 Å². The molecular formula is C13H12ClN3OS. The van der Waals surface area contributed by atoms with Crippen LogP contribution in [0.1, 0.15) is 6.42 Å². The maximum atomic E-state index is 11.9. The van der Waals surface area contributed by atoms with E-state index in [1.807, 2.05) is 24.3 Å². The zero-order chi connectivity index (χ0) is 13.4. The summed E-state index contributed by atoms with van der Waals surface area (Å²) in [6.45, 7) is 0.396. The molecule has 2 aliphatic rings. The number of anilines is 1. The number of benzene rings is 1. The monoisotopic (exact) mass is 293 g/mol. The van der Waals surface area contributed by atoms with Crippen LogP contribution in [0.15, 0.2) is 39.8 Å². The van der Waals surface area contributed by atoms with E-state index in [4.69, 9.17) is 17.0 Å². The Bertz CT molecular complexity index is 572. The van der Waals surface area contributed by atoms with Crippen LogP contribution in [0.25, 0.3) is 0 Å². The summed E-state index contributed by atoms with van der Waals surface area (Å²) >= 11 is 7.24. The molecule has 1 amide bonds. The van der Waals surface area contributed by atoms with Crippen LogP contribution in [0.4, 0.5) is 5.69 Å². The van der Waals surface area contributed by atoms with Crippen molar-refractivity contribution in [3.05, 3.63) is 34.9 Å². The fraction of sp³-hybridized carbons (Fsp3) is 0.231. The Kier molecular flexibility index (Phi) is 3.24. The van der Waals surface area contributed by atoms with Gasteiger partial charge >= 0.3 is 0 Å². The average molecular weight is 294 g/mol. The van der Waals surface area contributed by atoms with Gasteiger partial charge in [-0.25, -0.2) is 0 Å². The fourth-order valence-corrected chi connectivity index (χ4v) is 3.40. The second-order valence-electron chi connectivity index (χ2n) is 4.29. The van der Waals surface area contributed by atoms with E-state index in [-0.39, 0.29) is 18.2 Å². The van der Waals surface area contributed by atoms with Crippen molar-refractivity contribution in [2.45, 2.75) is 11.3 Å². The van der Waals surface area contributed by atoms with Crippen molar-refractivity contribution in [3.63, 3.8) is 0 Å². The zero-order valence-electron chi connectivity index (χ0n) is 10.1. The third kappa shape index (κ3) is 2.13. The number of rotatable bonds is 2. The smallest absolute Gasteiger partial charge is 0.232 e. The van der Waals surface area contributed by atoms with Crippen LogP contribution < -0.4 is 5.32 Å². The Morgan fingerprint density at radius 2 is 2.21 bits per heavy atom. The van der Waals surface area contributed by atoms with Crippen molar-refractivity contribution in [1.29, 1.82) is 5.41 Å². The van der Waals surface area contributed by atoms with Crippen LogP contribution in [-0.4, -0.2) is 29.1 Å². The van der Waals surface area contributed by atoms with Crippen LogP contribution in [0.2, 0.25) is 0 Å². The standard InChI is InChI=1S/C13H12ClN3OS/c14-5-6-17-11(18)7-8(12(17)15)13-16-9-3-1-2-4-10(9)19-13/h1-4,15-16H,5-7H2/b13-8+,15-12?. The van der Waals surface area contributed by atoms with E-state index in [1.54, 1.807) is 11.8 Å². The van der Waals surface area contributed by atoms with Crippen LogP contribution >= 0.6 is 23.4 Å². The molecule has 0 spiro atoms. The van der Waals surface area contributed by atoms with Gasteiger partial charge in [0.1, 0.15) is 5.84 Å². The van der Waals surface area contributed by atoms with Crippen molar-refractivity contribution >= 4 is 40.8 Å². The first-order valence-corrected chi connectivity index (χ1v) is 7.28. The van der Waals surface area contributed by atoms with E-state index in [0.717, 1.165) is 21.2 Å². The fourth-order valence-electron chi connectivity index (χ4n) is 2.18. The number of halogens is 1. The Morgan fingerprint density at radius 3 is 2.95 bits per heavy atom. The lowest BCUT2D eigenvalue weighted by Crippen LogP contribution is -2.30.